The Morgan fingerprint density at radius 3 is 2.30 bits per heavy atom. The lowest BCUT2D eigenvalue weighted by molar-refractivity contribution is 0.583. The van der Waals surface area contributed by atoms with E-state index in [4.69, 9.17) is 23.2 Å². The summed E-state index contributed by atoms with van der Waals surface area (Å²) in [5.74, 6) is 0.0599. The van der Waals surface area contributed by atoms with Crippen molar-refractivity contribution in [3.8, 4) is 0 Å². The predicted molar refractivity (Wildman–Crippen MR) is 87.6 cm³/mol. The molecule has 0 bridgehead atoms. The van der Waals surface area contributed by atoms with E-state index in [1.807, 2.05) is 24.3 Å². The Kier molecular flexibility index (Phi) is 5.88. The molecular formula is C16H14BrCl2F. The predicted octanol–water partition coefficient (Wildman–Crippen LogP) is 5.93. The fourth-order valence-electron chi connectivity index (χ4n) is 2.17. The summed E-state index contributed by atoms with van der Waals surface area (Å²) in [7, 11) is 0. The smallest absolute Gasteiger partial charge is 0.123 e. The summed E-state index contributed by atoms with van der Waals surface area (Å²) >= 11 is 15.8. The van der Waals surface area contributed by atoms with Gasteiger partial charge >= 0.3 is 0 Å². The van der Waals surface area contributed by atoms with Crippen molar-refractivity contribution in [2.45, 2.75) is 12.8 Å². The van der Waals surface area contributed by atoms with E-state index in [0.29, 0.717) is 17.4 Å². The quantitative estimate of drug-likeness (QED) is 0.568. The standard InChI is InChI=1S/C16H14BrCl2F/c17-10-11(7-12-3-1-2-4-15(12)18)8-13-9-14(20)5-6-16(13)19/h1-6,9,11H,7-8,10H2. The minimum Gasteiger partial charge on any atom is -0.207 e. The van der Waals surface area contributed by atoms with Crippen LogP contribution in [0.3, 0.4) is 0 Å². The van der Waals surface area contributed by atoms with Gasteiger partial charge in [0.05, 0.1) is 0 Å². The molecule has 0 heterocycles. The highest BCUT2D eigenvalue weighted by Gasteiger charge is 2.13. The van der Waals surface area contributed by atoms with Crippen LogP contribution in [0.1, 0.15) is 11.1 Å². The lowest BCUT2D eigenvalue weighted by Crippen LogP contribution is -2.10. The summed E-state index contributed by atoms with van der Waals surface area (Å²) in [6.45, 7) is 0. The van der Waals surface area contributed by atoms with Crippen molar-refractivity contribution in [2.75, 3.05) is 5.33 Å². The molecule has 0 aliphatic heterocycles. The second-order valence-corrected chi connectivity index (χ2v) is 6.22. The zero-order chi connectivity index (χ0) is 14.5. The van der Waals surface area contributed by atoms with Crippen LogP contribution in [0, 0.1) is 11.7 Å². The Balaban J connectivity index is 2.13. The third-order valence-electron chi connectivity index (χ3n) is 3.20. The van der Waals surface area contributed by atoms with Gasteiger partial charge in [0, 0.05) is 15.4 Å². The van der Waals surface area contributed by atoms with Gasteiger partial charge < -0.3 is 0 Å². The molecular weight excluding hydrogens is 362 g/mol. The van der Waals surface area contributed by atoms with Gasteiger partial charge in [0.2, 0.25) is 0 Å². The molecule has 20 heavy (non-hydrogen) atoms. The van der Waals surface area contributed by atoms with E-state index in [0.717, 1.165) is 27.9 Å². The Labute approximate surface area is 137 Å². The molecule has 0 fully saturated rings. The molecule has 0 amide bonds. The zero-order valence-corrected chi connectivity index (χ0v) is 13.8. The average Bonchev–Trinajstić information content (AvgIpc) is 2.44. The van der Waals surface area contributed by atoms with Gasteiger partial charge in [-0.15, -0.1) is 0 Å². The van der Waals surface area contributed by atoms with Gasteiger partial charge in [0.15, 0.2) is 0 Å². The van der Waals surface area contributed by atoms with E-state index >= 15 is 0 Å². The van der Waals surface area contributed by atoms with Crippen LogP contribution in [0.5, 0.6) is 0 Å². The molecule has 0 saturated carbocycles. The van der Waals surface area contributed by atoms with Crippen LogP contribution >= 0.6 is 39.1 Å². The second kappa shape index (κ2) is 7.44. The third kappa shape index (κ3) is 4.21. The molecule has 2 rings (SSSR count). The van der Waals surface area contributed by atoms with E-state index in [2.05, 4.69) is 15.9 Å². The minimum absolute atomic E-state index is 0.254. The van der Waals surface area contributed by atoms with Gasteiger partial charge in [-0.25, -0.2) is 4.39 Å². The fraction of sp³-hybridized carbons (Fsp3) is 0.250. The normalized spacial score (nSPS) is 12.4. The molecule has 0 N–H and O–H groups in total. The third-order valence-corrected chi connectivity index (χ3v) is 4.85. The highest BCUT2D eigenvalue weighted by Crippen LogP contribution is 2.25. The highest BCUT2D eigenvalue weighted by molar-refractivity contribution is 9.09. The molecule has 0 aliphatic rings. The van der Waals surface area contributed by atoms with Gasteiger partial charge in [0.25, 0.3) is 0 Å². The van der Waals surface area contributed by atoms with Crippen LogP contribution in [0.25, 0.3) is 0 Å². The maximum absolute atomic E-state index is 13.3. The summed E-state index contributed by atoms with van der Waals surface area (Å²) in [5.41, 5.74) is 1.94. The van der Waals surface area contributed by atoms with Crippen molar-refractivity contribution in [3.05, 3.63) is 69.5 Å². The fourth-order valence-corrected chi connectivity index (χ4v) is 3.03. The van der Waals surface area contributed by atoms with E-state index in [-0.39, 0.29) is 5.82 Å². The Morgan fingerprint density at radius 2 is 1.60 bits per heavy atom. The number of hydrogen-bond donors (Lipinski definition) is 0. The van der Waals surface area contributed by atoms with Gasteiger partial charge in [-0.05, 0) is 54.2 Å². The first kappa shape index (κ1) is 15.8. The minimum atomic E-state index is -0.254. The first-order valence-electron chi connectivity index (χ1n) is 6.33. The molecule has 2 aromatic rings. The van der Waals surface area contributed by atoms with Crippen molar-refractivity contribution in [1.29, 1.82) is 0 Å². The first-order chi connectivity index (χ1) is 9.60. The molecule has 0 aromatic heterocycles. The second-order valence-electron chi connectivity index (χ2n) is 4.76. The molecule has 0 radical (unpaired) electrons. The largest absolute Gasteiger partial charge is 0.207 e. The monoisotopic (exact) mass is 374 g/mol. The Hall–Kier alpha value is -0.570. The van der Waals surface area contributed by atoms with Gasteiger partial charge in [-0.3, -0.25) is 0 Å². The van der Waals surface area contributed by atoms with E-state index in [1.165, 1.54) is 12.1 Å². The maximum Gasteiger partial charge on any atom is 0.123 e. The highest BCUT2D eigenvalue weighted by atomic mass is 79.9. The van der Waals surface area contributed by atoms with Gasteiger partial charge in [-0.1, -0.05) is 57.3 Å². The summed E-state index contributed by atoms with van der Waals surface area (Å²) in [4.78, 5) is 0. The van der Waals surface area contributed by atoms with Crippen LogP contribution in [-0.2, 0) is 12.8 Å². The van der Waals surface area contributed by atoms with Crippen molar-refractivity contribution in [2.24, 2.45) is 5.92 Å². The maximum atomic E-state index is 13.3. The van der Waals surface area contributed by atoms with Crippen molar-refractivity contribution in [1.82, 2.24) is 0 Å². The molecule has 106 valence electrons. The number of hydrogen-bond acceptors (Lipinski definition) is 0. The molecule has 0 aliphatic carbocycles. The van der Waals surface area contributed by atoms with Crippen LogP contribution in [0.4, 0.5) is 4.39 Å². The first-order valence-corrected chi connectivity index (χ1v) is 8.21. The van der Waals surface area contributed by atoms with Crippen LogP contribution in [0.15, 0.2) is 42.5 Å². The topological polar surface area (TPSA) is 0 Å². The van der Waals surface area contributed by atoms with Crippen molar-refractivity contribution >= 4 is 39.1 Å². The molecule has 1 unspecified atom stereocenters. The Morgan fingerprint density at radius 1 is 0.950 bits per heavy atom. The Bertz CT molecular complexity index is 586. The van der Waals surface area contributed by atoms with E-state index in [1.54, 1.807) is 6.07 Å². The SMILES string of the molecule is Fc1ccc(Cl)c(CC(CBr)Cc2ccccc2Cl)c1. The van der Waals surface area contributed by atoms with E-state index < -0.39 is 0 Å². The number of halogens is 4. The van der Waals surface area contributed by atoms with E-state index in [9.17, 15) is 4.39 Å². The van der Waals surface area contributed by atoms with Crippen LogP contribution in [-0.4, -0.2) is 5.33 Å². The lowest BCUT2D eigenvalue weighted by Gasteiger charge is -2.16. The number of alkyl halides is 1. The summed E-state index contributed by atoms with van der Waals surface area (Å²) in [6.07, 6.45) is 1.55. The molecule has 4 heteroatoms. The van der Waals surface area contributed by atoms with Crippen molar-refractivity contribution < 1.29 is 4.39 Å². The van der Waals surface area contributed by atoms with Gasteiger partial charge in [0.1, 0.15) is 5.82 Å². The molecule has 0 spiro atoms. The van der Waals surface area contributed by atoms with Crippen molar-refractivity contribution in [3.63, 3.8) is 0 Å². The molecule has 1 atom stereocenters. The van der Waals surface area contributed by atoms with Crippen LogP contribution < -0.4 is 0 Å². The summed E-state index contributed by atoms with van der Waals surface area (Å²) in [6, 6.07) is 12.3. The average molecular weight is 376 g/mol. The number of benzene rings is 2. The van der Waals surface area contributed by atoms with Crippen LogP contribution in [0.2, 0.25) is 10.0 Å². The number of rotatable bonds is 5. The zero-order valence-electron chi connectivity index (χ0n) is 10.8. The molecule has 0 saturated heterocycles. The lowest BCUT2D eigenvalue weighted by atomic mass is 9.94. The molecule has 2 aromatic carbocycles. The summed E-state index contributed by atoms with van der Waals surface area (Å²) < 4.78 is 13.3. The summed E-state index contributed by atoms with van der Waals surface area (Å²) in [5, 5.41) is 2.19. The van der Waals surface area contributed by atoms with Gasteiger partial charge in [-0.2, -0.15) is 0 Å². The molecule has 0 nitrogen and oxygen atoms in total.